The molecule has 0 saturated carbocycles. The molecule has 78 heavy (non-hydrogen) atoms. The molecule has 0 rings (SSSR count). The molecule has 0 aromatic rings. The summed E-state index contributed by atoms with van der Waals surface area (Å²) in [4.78, 5) is 38.3. The average Bonchev–Trinajstić information content (AvgIpc) is 3.44. The van der Waals surface area contributed by atoms with Gasteiger partial charge in [0.25, 0.3) is 0 Å². The molecule has 6 nitrogen and oxygen atoms in total. The highest BCUT2D eigenvalue weighted by molar-refractivity contribution is 5.71. The number of esters is 3. The number of hydrogen-bond acceptors (Lipinski definition) is 6. The lowest BCUT2D eigenvalue weighted by molar-refractivity contribution is -0.166. The van der Waals surface area contributed by atoms with Crippen molar-refractivity contribution in [3.8, 4) is 0 Å². The van der Waals surface area contributed by atoms with Crippen LogP contribution in [0.5, 0.6) is 0 Å². The molecule has 0 fully saturated rings. The van der Waals surface area contributed by atoms with Crippen LogP contribution in [-0.2, 0) is 28.6 Å². The molecule has 0 bridgehead atoms. The van der Waals surface area contributed by atoms with Crippen LogP contribution < -0.4 is 0 Å². The number of carbonyl (C=O) groups excluding carboxylic acids is 3. The Labute approximate surface area is 480 Å². The fourth-order valence-electron chi connectivity index (χ4n) is 8.15. The van der Waals surface area contributed by atoms with Gasteiger partial charge in [0.2, 0.25) is 0 Å². The third kappa shape index (κ3) is 61.9. The first kappa shape index (κ1) is 73.0. The topological polar surface area (TPSA) is 78.9 Å². The van der Waals surface area contributed by atoms with Crippen molar-refractivity contribution in [2.75, 3.05) is 13.2 Å². The smallest absolute Gasteiger partial charge is 0.306 e. The van der Waals surface area contributed by atoms with E-state index in [0.717, 1.165) is 141 Å². The molecule has 0 aromatic heterocycles. The maximum Gasteiger partial charge on any atom is 0.306 e. The van der Waals surface area contributed by atoms with Crippen LogP contribution in [0, 0.1) is 0 Å². The van der Waals surface area contributed by atoms with Crippen molar-refractivity contribution >= 4 is 17.9 Å². The number of ether oxygens (including phenoxy) is 3. The van der Waals surface area contributed by atoms with E-state index in [1.807, 2.05) is 12.2 Å². The fraction of sp³-hybridized carbons (Fsp3) is 0.597. The molecular formula is C72H114O6. The van der Waals surface area contributed by atoms with E-state index in [2.05, 4.69) is 167 Å². The first-order valence-corrected chi connectivity index (χ1v) is 31.5. The molecule has 0 amide bonds. The van der Waals surface area contributed by atoms with Gasteiger partial charge in [0, 0.05) is 19.3 Å². The molecule has 0 spiro atoms. The zero-order chi connectivity index (χ0) is 56.4. The van der Waals surface area contributed by atoms with E-state index in [9.17, 15) is 14.4 Å². The van der Waals surface area contributed by atoms with Crippen molar-refractivity contribution in [1.29, 1.82) is 0 Å². The van der Waals surface area contributed by atoms with Crippen molar-refractivity contribution in [2.24, 2.45) is 0 Å². The number of hydrogen-bond donors (Lipinski definition) is 0. The highest BCUT2D eigenvalue weighted by Gasteiger charge is 2.19. The average molecular weight is 1080 g/mol. The first-order chi connectivity index (χ1) is 38.5. The molecule has 0 aliphatic rings. The summed E-state index contributed by atoms with van der Waals surface area (Å²) >= 11 is 0. The van der Waals surface area contributed by atoms with Crippen LogP contribution in [0.15, 0.2) is 158 Å². The molecule has 438 valence electrons. The van der Waals surface area contributed by atoms with Crippen LogP contribution in [0.2, 0.25) is 0 Å². The SMILES string of the molecule is CC/C=C\C/C=C\C/C=C\C/C=C\C/C=C\C/C=C\C/C=C\CCCCCCCC(=O)OCC(COC(=O)CCCCCCCCCCCCCCCC)OC(=O)CC/C=C\C/C=C\C/C=C\C/C=C\C/C=C\C/C=C\CC. The minimum absolute atomic E-state index is 0.119. The molecule has 1 unspecified atom stereocenters. The van der Waals surface area contributed by atoms with E-state index in [1.54, 1.807) is 0 Å². The standard InChI is InChI=1S/C72H114O6/c1-4-7-10-13-16-19-22-25-28-30-32-33-34-35-36-37-38-39-41-42-44-47-50-53-56-59-62-65-71(74)77-68-69(67-76-70(73)64-61-58-55-52-49-46-27-24-21-18-15-12-9-6-3)78-72(75)66-63-60-57-54-51-48-45-43-40-31-29-26-23-20-17-14-11-8-5-2/h7-8,10-11,16-17,19-20,25-26,28-29,32-33,35-36,38-40,42-44,48,51,57,60,69H,4-6,9,12-15,18,21-24,27,30-31,34,37,41,45-47,49-50,52-56,58-59,61-68H2,1-3H3/b10-7-,11-8-,19-16-,20-17-,28-25-,29-26-,33-32-,36-35-,39-38-,43-40-,44-42-,51-48-,60-57-. The van der Waals surface area contributed by atoms with Gasteiger partial charge in [-0.1, -0.05) is 281 Å². The third-order valence-electron chi connectivity index (χ3n) is 12.8. The second-order valence-corrected chi connectivity index (χ2v) is 20.2. The maximum absolute atomic E-state index is 12.9. The van der Waals surface area contributed by atoms with Gasteiger partial charge in [-0.25, -0.2) is 0 Å². The van der Waals surface area contributed by atoms with Crippen LogP contribution in [-0.4, -0.2) is 37.2 Å². The molecule has 6 heteroatoms. The summed E-state index contributed by atoms with van der Waals surface area (Å²) in [5.41, 5.74) is 0. The van der Waals surface area contributed by atoms with E-state index >= 15 is 0 Å². The van der Waals surface area contributed by atoms with Gasteiger partial charge in [-0.3, -0.25) is 14.4 Å². The van der Waals surface area contributed by atoms with Crippen molar-refractivity contribution in [1.82, 2.24) is 0 Å². The summed E-state index contributed by atoms with van der Waals surface area (Å²) in [7, 11) is 0. The maximum atomic E-state index is 12.9. The Bertz CT molecular complexity index is 1760. The summed E-state index contributed by atoms with van der Waals surface area (Å²) in [5.74, 6) is -1.03. The van der Waals surface area contributed by atoms with E-state index in [-0.39, 0.29) is 31.6 Å². The van der Waals surface area contributed by atoms with E-state index in [0.29, 0.717) is 19.3 Å². The largest absolute Gasteiger partial charge is 0.462 e. The highest BCUT2D eigenvalue weighted by atomic mass is 16.6. The Morgan fingerprint density at radius 2 is 0.526 bits per heavy atom. The molecule has 0 aliphatic heterocycles. The van der Waals surface area contributed by atoms with Crippen LogP contribution in [0.25, 0.3) is 0 Å². The molecular weight excluding hydrogens is 961 g/mol. The Balaban J connectivity index is 4.51. The zero-order valence-corrected chi connectivity index (χ0v) is 50.1. The summed E-state index contributed by atoms with van der Waals surface area (Å²) in [6.45, 7) is 6.33. The van der Waals surface area contributed by atoms with Crippen molar-refractivity contribution < 1.29 is 28.6 Å². The van der Waals surface area contributed by atoms with Gasteiger partial charge in [-0.05, 0) is 116 Å². The van der Waals surface area contributed by atoms with Crippen LogP contribution >= 0.6 is 0 Å². The Morgan fingerprint density at radius 3 is 0.833 bits per heavy atom. The van der Waals surface area contributed by atoms with Crippen LogP contribution in [0.1, 0.15) is 258 Å². The molecule has 1 atom stereocenters. The number of carbonyl (C=O) groups is 3. The lowest BCUT2D eigenvalue weighted by Gasteiger charge is -2.18. The number of allylic oxidation sites excluding steroid dienone is 26. The molecule has 0 aromatic carbocycles. The summed E-state index contributed by atoms with van der Waals surface area (Å²) in [5, 5.41) is 0. The van der Waals surface area contributed by atoms with E-state index in [4.69, 9.17) is 14.2 Å². The van der Waals surface area contributed by atoms with Gasteiger partial charge in [-0.15, -0.1) is 0 Å². The fourth-order valence-corrected chi connectivity index (χ4v) is 8.15. The predicted molar refractivity (Wildman–Crippen MR) is 338 cm³/mol. The van der Waals surface area contributed by atoms with E-state index in [1.165, 1.54) is 70.6 Å². The molecule has 0 radical (unpaired) electrons. The quantitative estimate of drug-likeness (QED) is 0.0261. The Kier molecular flexibility index (Phi) is 60.4. The second kappa shape index (κ2) is 64.6. The summed E-state index contributed by atoms with van der Waals surface area (Å²) < 4.78 is 16.8. The van der Waals surface area contributed by atoms with Gasteiger partial charge in [0.05, 0.1) is 0 Å². The molecule has 0 saturated heterocycles. The monoisotopic (exact) mass is 1070 g/mol. The van der Waals surface area contributed by atoms with Gasteiger partial charge >= 0.3 is 17.9 Å². The Morgan fingerprint density at radius 1 is 0.269 bits per heavy atom. The van der Waals surface area contributed by atoms with Crippen molar-refractivity contribution in [3.63, 3.8) is 0 Å². The van der Waals surface area contributed by atoms with Crippen LogP contribution in [0.4, 0.5) is 0 Å². The van der Waals surface area contributed by atoms with Gasteiger partial charge in [0.1, 0.15) is 13.2 Å². The van der Waals surface area contributed by atoms with Crippen molar-refractivity contribution in [3.05, 3.63) is 158 Å². The molecule has 0 aliphatic carbocycles. The minimum atomic E-state index is -0.834. The van der Waals surface area contributed by atoms with Gasteiger partial charge < -0.3 is 14.2 Å². The predicted octanol–water partition coefficient (Wildman–Crippen LogP) is 21.7. The number of unbranched alkanes of at least 4 members (excludes halogenated alkanes) is 18. The molecule has 0 heterocycles. The third-order valence-corrected chi connectivity index (χ3v) is 12.8. The van der Waals surface area contributed by atoms with Gasteiger partial charge in [0.15, 0.2) is 6.10 Å². The minimum Gasteiger partial charge on any atom is -0.462 e. The van der Waals surface area contributed by atoms with Gasteiger partial charge in [-0.2, -0.15) is 0 Å². The number of rotatable bonds is 55. The zero-order valence-electron chi connectivity index (χ0n) is 50.1. The van der Waals surface area contributed by atoms with Crippen LogP contribution in [0.3, 0.4) is 0 Å². The lowest BCUT2D eigenvalue weighted by atomic mass is 10.0. The Hall–Kier alpha value is -4.97. The lowest BCUT2D eigenvalue weighted by Crippen LogP contribution is -2.30. The highest BCUT2D eigenvalue weighted by Crippen LogP contribution is 2.15. The second-order valence-electron chi connectivity index (χ2n) is 20.2. The first-order valence-electron chi connectivity index (χ1n) is 31.5. The van der Waals surface area contributed by atoms with E-state index < -0.39 is 12.1 Å². The summed E-state index contributed by atoms with van der Waals surface area (Å²) in [6, 6.07) is 0. The normalized spacial score (nSPS) is 13.2. The molecule has 0 N–H and O–H groups in total. The van der Waals surface area contributed by atoms with Crippen molar-refractivity contribution in [2.45, 2.75) is 264 Å². The summed E-state index contributed by atoms with van der Waals surface area (Å²) in [6.07, 6.45) is 93.9.